The molecule has 2 atom stereocenters. The molecule has 0 amide bonds. The fraction of sp³-hybridized carbons (Fsp3) is 0.688. The summed E-state index contributed by atoms with van der Waals surface area (Å²) in [5.74, 6) is 1.95. The van der Waals surface area contributed by atoms with Crippen molar-refractivity contribution in [3.8, 4) is 0 Å². The molecule has 2 aliphatic rings. The molecule has 1 aromatic rings. The van der Waals surface area contributed by atoms with Gasteiger partial charge < -0.3 is 10.2 Å². The Hall–Kier alpha value is -0.610. The van der Waals surface area contributed by atoms with Gasteiger partial charge >= 0.3 is 0 Å². The second-order valence-corrected chi connectivity index (χ2v) is 7.39. The number of nitrogens with one attached hydrogen (secondary N) is 1. The number of hydrogen-bond donors (Lipinski definition) is 1. The van der Waals surface area contributed by atoms with Crippen LogP contribution in [-0.2, 0) is 6.54 Å². The second kappa shape index (κ2) is 6.02. The zero-order valence-corrected chi connectivity index (χ0v) is 14.0. The van der Waals surface area contributed by atoms with Crippen LogP contribution in [0.4, 0.5) is 5.82 Å². The summed E-state index contributed by atoms with van der Waals surface area (Å²) in [4.78, 5) is 7.23. The van der Waals surface area contributed by atoms with Crippen molar-refractivity contribution in [1.82, 2.24) is 10.3 Å². The molecule has 2 unspecified atom stereocenters. The first-order valence-corrected chi connectivity index (χ1v) is 8.57. The van der Waals surface area contributed by atoms with E-state index in [1.807, 2.05) is 6.20 Å². The number of halogens is 1. The van der Waals surface area contributed by atoms with Crippen LogP contribution in [0.25, 0.3) is 0 Å². The Labute approximate surface area is 130 Å². The molecule has 4 heteroatoms. The van der Waals surface area contributed by atoms with Gasteiger partial charge in [0.05, 0.1) is 0 Å². The van der Waals surface area contributed by atoms with Crippen LogP contribution in [-0.4, -0.2) is 23.6 Å². The first kappa shape index (κ1) is 14.3. The van der Waals surface area contributed by atoms with E-state index in [9.17, 15) is 0 Å². The van der Waals surface area contributed by atoms with Crippen molar-refractivity contribution in [2.75, 3.05) is 11.4 Å². The standard InChI is InChI=1S/C16H24BrN3/c1-11-3-4-12(2)20(10-11)16-13(7-14(17)9-19-16)8-18-15-5-6-15/h7,9,11-12,15,18H,3-6,8,10H2,1-2H3. The molecule has 1 aromatic heterocycles. The Morgan fingerprint density at radius 3 is 2.85 bits per heavy atom. The van der Waals surface area contributed by atoms with Gasteiger partial charge in [0.25, 0.3) is 0 Å². The first-order valence-electron chi connectivity index (χ1n) is 7.78. The fourth-order valence-electron chi connectivity index (χ4n) is 2.99. The number of aromatic nitrogens is 1. The van der Waals surface area contributed by atoms with Crippen molar-refractivity contribution in [1.29, 1.82) is 0 Å². The summed E-state index contributed by atoms with van der Waals surface area (Å²) >= 11 is 3.56. The first-order chi connectivity index (χ1) is 9.63. The average Bonchev–Trinajstić information content (AvgIpc) is 3.24. The van der Waals surface area contributed by atoms with Crippen molar-refractivity contribution in [3.05, 3.63) is 22.3 Å². The molecule has 0 radical (unpaired) electrons. The Bertz CT molecular complexity index is 473. The molecule has 0 bridgehead atoms. The topological polar surface area (TPSA) is 28.2 Å². The lowest BCUT2D eigenvalue weighted by molar-refractivity contribution is 0.387. The number of nitrogens with zero attached hydrogens (tertiary/aromatic N) is 2. The van der Waals surface area contributed by atoms with Crippen LogP contribution in [0, 0.1) is 5.92 Å². The average molecular weight is 338 g/mol. The molecule has 1 aliphatic carbocycles. The third-order valence-corrected chi connectivity index (χ3v) is 4.89. The number of anilines is 1. The molecule has 3 nitrogen and oxygen atoms in total. The van der Waals surface area contributed by atoms with Crippen LogP contribution in [0.3, 0.4) is 0 Å². The Balaban J connectivity index is 1.82. The van der Waals surface area contributed by atoms with Gasteiger partial charge in [-0.3, -0.25) is 0 Å². The molecular formula is C16H24BrN3. The third-order valence-electron chi connectivity index (χ3n) is 4.46. The zero-order chi connectivity index (χ0) is 14.1. The van der Waals surface area contributed by atoms with Crippen LogP contribution in [0.15, 0.2) is 16.7 Å². The van der Waals surface area contributed by atoms with Gasteiger partial charge in [0, 0.05) is 41.4 Å². The van der Waals surface area contributed by atoms with Gasteiger partial charge in [-0.2, -0.15) is 0 Å². The highest BCUT2D eigenvalue weighted by atomic mass is 79.9. The maximum Gasteiger partial charge on any atom is 0.133 e. The van der Waals surface area contributed by atoms with Gasteiger partial charge in [0.15, 0.2) is 0 Å². The summed E-state index contributed by atoms with van der Waals surface area (Å²) in [6, 6.07) is 3.56. The SMILES string of the molecule is CC1CCC(C)N(c2ncc(Br)cc2CNC2CC2)C1. The smallest absolute Gasteiger partial charge is 0.133 e. The van der Waals surface area contributed by atoms with Crippen LogP contribution < -0.4 is 10.2 Å². The third kappa shape index (κ3) is 3.34. The van der Waals surface area contributed by atoms with E-state index in [1.165, 1.54) is 37.1 Å². The number of piperidine rings is 1. The molecular weight excluding hydrogens is 314 g/mol. The van der Waals surface area contributed by atoms with E-state index in [4.69, 9.17) is 4.98 Å². The largest absolute Gasteiger partial charge is 0.353 e. The normalized spacial score (nSPS) is 26.9. The quantitative estimate of drug-likeness (QED) is 0.907. The fourth-order valence-corrected chi connectivity index (χ4v) is 3.37. The molecule has 1 saturated heterocycles. The molecule has 20 heavy (non-hydrogen) atoms. The lowest BCUT2D eigenvalue weighted by Crippen LogP contribution is -2.42. The Kier molecular flexibility index (Phi) is 4.32. The minimum absolute atomic E-state index is 0.597. The summed E-state index contributed by atoms with van der Waals surface area (Å²) in [5.41, 5.74) is 1.33. The molecule has 0 spiro atoms. The Morgan fingerprint density at radius 1 is 1.30 bits per heavy atom. The van der Waals surface area contributed by atoms with E-state index in [2.05, 4.69) is 46.1 Å². The van der Waals surface area contributed by atoms with Gasteiger partial charge in [0.1, 0.15) is 5.82 Å². The molecule has 0 aromatic carbocycles. The van der Waals surface area contributed by atoms with Crippen molar-refractivity contribution in [2.24, 2.45) is 5.92 Å². The van der Waals surface area contributed by atoms with Crippen molar-refractivity contribution in [2.45, 2.75) is 58.2 Å². The highest BCUT2D eigenvalue weighted by Crippen LogP contribution is 2.30. The molecule has 1 saturated carbocycles. The van der Waals surface area contributed by atoms with Gasteiger partial charge in [-0.1, -0.05) is 6.92 Å². The van der Waals surface area contributed by atoms with Crippen LogP contribution in [0.5, 0.6) is 0 Å². The van der Waals surface area contributed by atoms with E-state index in [-0.39, 0.29) is 0 Å². The second-order valence-electron chi connectivity index (χ2n) is 6.48. The molecule has 3 rings (SSSR count). The molecule has 2 fully saturated rings. The lowest BCUT2D eigenvalue weighted by atomic mass is 9.94. The summed E-state index contributed by atoms with van der Waals surface area (Å²) in [6.45, 7) is 6.74. The molecule has 110 valence electrons. The highest BCUT2D eigenvalue weighted by Gasteiger charge is 2.26. The Morgan fingerprint density at radius 2 is 2.10 bits per heavy atom. The highest BCUT2D eigenvalue weighted by molar-refractivity contribution is 9.10. The van der Waals surface area contributed by atoms with Crippen molar-refractivity contribution in [3.63, 3.8) is 0 Å². The van der Waals surface area contributed by atoms with Crippen molar-refractivity contribution < 1.29 is 0 Å². The summed E-state index contributed by atoms with van der Waals surface area (Å²) in [7, 11) is 0. The maximum absolute atomic E-state index is 4.72. The van der Waals surface area contributed by atoms with Crippen molar-refractivity contribution >= 4 is 21.7 Å². The van der Waals surface area contributed by atoms with E-state index in [0.717, 1.165) is 29.5 Å². The number of pyridine rings is 1. The number of hydrogen-bond acceptors (Lipinski definition) is 3. The summed E-state index contributed by atoms with van der Waals surface area (Å²) in [6.07, 6.45) is 7.20. The maximum atomic E-state index is 4.72. The van der Waals surface area contributed by atoms with Gasteiger partial charge in [-0.05, 0) is 60.5 Å². The lowest BCUT2D eigenvalue weighted by Gasteiger charge is -2.38. The number of rotatable bonds is 4. The molecule has 1 aliphatic heterocycles. The van der Waals surface area contributed by atoms with Crippen LogP contribution in [0.2, 0.25) is 0 Å². The predicted molar refractivity (Wildman–Crippen MR) is 87.0 cm³/mol. The monoisotopic (exact) mass is 337 g/mol. The molecule has 1 N–H and O–H groups in total. The zero-order valence-electron chi connectivity index (χ0n) is 12.4. The van der Waals surface area contributed by atoms with E-state index in [0.29, 0.717) is 6.04 Å². The van der Waals surface area contributed by atoms with Gasteiger partial charge in [-0.15, -0.1) is 0 Å². The van der Waals surface area contributed by atoms with Crippen LogP contribution >= 0.6 is 15.9 Å². The minimum atomic E-state index is 0.597. The van der Waals surface area contributed by atoms with E-state index in [1.54, 1.807) is 0 Å². The van der Waals surface area contributed by atoms with Crippen LogP contribution in [0.1, 0.15) is 45.1 Å². The molecule has 2 heterocycles. The minimum Gasteiger partial charge on any atom is -0.353 e. The van der Waals surface area contributed by atoms with Gasteiger partial charge in [-0.25, -0.2) is 4.98 Å². The van der Waals surface area contributed by atoms with E-state index < -0.39 is 0 Å². The van der Waals surface area contributed by atoms with E-state index >= 15 is 0 Å². The van der Waals surface area contributed by atoms with Gasteiger partial charge in [0.2, 0.25) is 0 Å². The summed E-state index contributed by atoms with van der Waals surface area (Å²) in [5, 5.41) is 3.62. The predicted octanol–water partition coefficient (Wildman–Crippen LogP) is 3.72. The summed E-state index contributed by atoms with van der Waals surface area (Å²) < 4.78 is 1.08.